The zero-order valence-electron chi connectivity index (χ0n) is 21.5. The van der Waals surface area contributed by atoms with Crippen molar-refractivity contribution in [3.63, 3.8) is 0 Å². The maximum Gasteiger partial charge on any atom is 0.270 e. The molecule has 4 N–H and O–H groups in total. The summed E-state index contributed by atoms with van der Waals surface area (Å²) in [5.41, 5.74) is 11.2. The fraction of sp³-hybridized carbons (Fsp3) is 0.156. The van der Waals surface area contributed by atoms with Crippen LogP contribution in [-0.4, -0.2) is 28.6 Å². The molecule has 0 fully saturated rings. The number of benzene rings is 4. The van der Waals surface area contributed by atoms with E-state index >= 15 is 0 Å². The molecule has 0 saturated heterocycles. The Balaban J connectivity index is 1.55. The van der Waals surface area contributed by atoms with Gasteiger partial charge in [0.15, 0.2) is 0 Å². The number of nitrogens with zero attached hydrogens (tertiary/aromatic N) is 1. The van der Waals surface area contributed by atoms with E-state index in [-0.39, 0.29) is 30.2 Å². The standard InChI is InChI=1S/C32H31N3O4/c1-22(33)27-10-5-9-24(17-27)18-29(21-36)31(19-23-7-3-2-4-8-23)34-32(37)26-15-13-25(14-16-26)28-11-6-12-30(20-28)35(38)39/h2-17,20,29,31,36H,1,18-19,21,33H2,(H,34,37). The van der Waals surface area contributed by atoms with Crippen molar-refractivity contribution in [2.75, 3.05) is 6.61 Å². The van der Waals surface area contributed by atoms with Crippen LogP contribution in [0.1, 0.15) is 27.0 Å². The number of carbonyl (C=O) groups is 1. The number of nitrogens with two attached hydrogens (primary N) is 1. The molecule has 0 aliphatic carbocycles. The number of nitro benzene ring substituents is 1. The van der Waals surface area contributed by atoms with Crippen molar-refractivity contribution in [1.82, 2.24) is 5.32 Å². The van der Waals surface area contributed by atoms with Crippen molar-refractivity contribution < 1.29 is 14.8 Å². The number of hydrogen-bond donors (Lipinski definition) is 3. The molecule has 0 heterocycles. The van der Waals surface area contributed by atoms with Gasteiger partial charge in [-0.05, 0) is 58.9 Å². The summed E-state index contributed by atoms with van der Waals surface area (Å²) in [4.78, 5) is 24.0. The van der Waals surface area contributed by atoms with Crippen LogP contribution in [0.15, 0.2) is 110 Å². The maximum absolute atomic E-state index is 13.3. The third kappa shape index (κ3) is 7.18. The second kappa shape index (κ2) is 12.7. The smallest absolute Gasteiger partial charge is 0.270 e. The lowest BCUT2D eigenvalue weighted by atomic mass is 9.88. The van der Waals surface area contributed by atoms with Crippen LogP contribution >= 0.6 is 0 Å². The lowest BCUT2D eigenvalue weighted by Gasteiger charge is -2.27. The van der Waals surface area contributed by atoms with Crippen molar-refractivity contribution in [2.45, 2.75) is 18.9 Å². The number of aliphatic hydroxyl groups is 1. The van der Waals surface area contributed by atoms with E-state index in [0.29, 0.717) is 29.7 Å². The molecular weight excluding hydrogens is 490 g/mol. The summed E-state index contributed by atoms with van der Waals surface area (Å²) < 4.78 is 0. The predicted molar refractivity (Wildman–Crippen MR) is 154 cm³/mol. The van der Waals surface area contributed by atoms with E-state index in [1.54, 1.807) is 36.4 Å². The van der Waals surface area contributed by atoms with Crippen LogP contribution < -0.4 is 11.1 Å². The molecule has 2 unspecified atom stereocenters. The summed E-state index contributed by atoms with van der Waals surface area (Å²) >= 11 is 0. The fourth-order valence-electron chi connectivity index (χ4n) is 4.60. The van der Waals surface area contributed by atoms with Crippen molar-refractivity contribution >= 4 is 17.3 Å². The van der Waals surface area contributed by atoms with Gasteiger partial charge in [0.2, 0.25) is 0 Å². The molecule has 0 spiro atoms. The molecule has 7 heteroatoms. The number of nitro groups is 1. The number of nitrogens with one attached hydrogen (secondary N) is 1. The van der Waals surface area contributed by atoms with Gasteiger partial charge in [0.25, 0.3) is 11.6 Å². The Bertz CT molecular complexity index is 1450. The molecule has 4 aromatic rings. The molecule has 0 aromatic heterocycles. The Morgan fingerprint density at radius 1 is 0.846 bits per heavy atom. The number of carbonyl (C=O) groups excluding carboxylic acids is 1. The maximum atomic E-state index is 13.3. The Hall–Kier alpha value is -4.75. The van der Waals surface area contributed by atoms with Crippen LogP contribution in [0, 0.1) is 16.0 Å². The van der Waals surface area contributed by atoms with Crippen LogP contribution in [0.2, 0.25) is 0 Å². The monoisotopic (exact) mass is 521 g/mol. The topological polar surface area (TPSA) is 118 Å². The minimum Gasteiger partial charge on any atom is -0.399 e. The minimum absolute atomic E-state index is 0.00873. The normalized spacial score (nSPS) is 12.3. The second-order valence-corrected chi connectivity index (χ2v) is 9.53. The first kappa shape index (κ1) is 27.3. The highest BCUT2D eigenvalue weighted by Gasteiger charge is 2.24. The van der Waals surface area contributed by atoms with E-state index in [1.165, 1.54) is 12.1 Å². The molecule has 4 aromatic carbocycles. The van der Waals surface area contributed by atoms with Crippen molar-refractivity contribution in [3.05, 3.63) is 142 Å². The summed E-state index contributed by atoms with van der Waals surface area (Å²) in [5.74, 6) is -0.511. The molecule has 198 valence electrons. The lowest BCUT2D eigenvalue weighted by molar-refractivity contribution is -0.384. The lowest BCUT2D eigenvalue weighted by Crippen LogP contribution is -2.44. The van der Waals surface area contributed by atoms with Crippen molar-refractivity contribution in [2.24, 2.45) is 11.7 Å². The van der Waals surface area contributed by atoms with E-state index in [0.717, 1.165) is 22.3 Å². The zero-order valence-corrected chi connectivity index (χ0v) is 21.5. The quantitative estimate of drug-likeness (QED) is 0.181. The van der Waals surface area contributed by atoms with Gasteiger partial charge in [-0.2, -0.15) is 0 Å². The first-order valence-corrected chi connectivity index (χ1v) is 12.7. The van der Waals surface area contributed by atoms with E-state index < -0.39 is 4.92 Å². The van der Waals surface area contributed by atoms with Crippen LogP contribution in [0.25, 0.3) is 16.8 Å². The Kier molecular flexibility index (Phi) is 8.86. The SMILES string of the molecule is C=C(N)c1cccc(CC(CO)C(Cc2ccccc2)NC(=O)c2ccc(-c3cccc([N+](=O)[O-])c3)cc2)c1. The summed E-state index contributed by atoms with van der Waals surface area (Å²) in [6.45, 7) is 3.69. The zero-order chi connectivity index (χ0) is 27.8. The van der Waals surface area contributed by atoms with Crippen LogP contribution in [0.5, 0.6) is 0 Å². The molecule has 0 saturated carbocycles. The van der Waals surface area contributed by atoms with Gasteiger partial charge in [0.05, 0.1) is 4.92 Å². The van der Waals surface area contributed by atoms with E-state index in [4.69, 9.17) is 5.73 Å². The van der Waals surface area contributed by atoms with Crippen molar-refractivity contribution in [3.8, 4) is 11.1 Å². The molecule has 7 nitrogen and oxygen atoms in total. The van der Waals surface area contributed by atoms with Gasteiger partial charge in [-0.25, -0.2) is 0 Å². The highest BCUT2D eigenvalue weighted by Crippen LogP contribution is 2.25. The number of hydrogen-bond acceptors (Lipinski definition) is 5. The first-order chi connectivity index (χ1) is 18.8. The van der Waals surface area contributed by atoms with E-state index in [2.05, 4.69) is 11.9 Å². The van der Waals surface area contributed by atoms with Crippen molar-refractivity contribution in [1.29, 1.82) is 0 Å². The number of rotatable bonds is 11. The highest BCUT2D eigenvalue weighted by atomic mass is 16.6. The second-order valence-electron chi connectivity index (χ2n) is 9.53. The largest absolute Gasteiger partial charge is 0.399 e. The Morgan fingerprint density at radius 3 is 2.21 bits per heavy atom. The van der Waals surface area contributed by atoms with Gasteiger partial charge in [-0.1, -0.05) is 79.4 Å². The Morgan fingerprint density at radius 2 is 1.54 bits per heavy atom. The van der Waals surface area contributed by atoms with Crippen LogP contribution in [0.4, 0.5) is 5.69 Å². The molecule has 0 aliphatic rings. The average Bonchev–Trinajstić information content (AvgIpc) is 2.96. The molecule has 0 bridgehead atoms. The summed E-state index contributed by atoms with van der Waals surface area (Å²) in [5, 5.41) is 24.7. The van der Waals surface area contributed by atoms with Gasteiger partial charge >= 0.3 is 0 Å². The molecule has 2 atom stereocenters. The molecular formula is C32H31N3O4. The average molecular weight is 522 g/mol. The van der Waals surface area contributed by atoms with E-state index in [9.17, 15) is 20.0 Å². The number of non-ortho nitro benzene ring substituents is 1. The van der Waals surface area contributed by atoms with Gasteiger partial charge in [-0.3, -0.25) is 14.9 Å². The summed E-state index contributed by atoms with van der Waals surface area (Å²) in [7, 11) is 0. The highest BCUT2D eigenvalue weighted by molar-refractivity contribution is 5.95. The summed E-state index contributed by atoms with van der Waals surface area (Å²) in [6, 6.07) is 30.6. The van der Waals surface area contributed by atoms with Gasteiger partial charge in [-0.15, -0.1) is 0 Å². The third-order valence-corrected chi connectivity index (χ3v) is 6.75. The van der Waals surface area contributed by atoms with E-state index in [1.807, 2.05) is 54.6 Å². The molecule has 0 radical (unpaired) electrons. The van der Waals surface area contributed by atoms with Crippen LogP contribution in [0.3, 0.4) is 0 Å². The van der Waals surface area contributed by atoms with Gasteiger partial charge < -0.3 is 16.2 Å². The molecule has 0 aliphatic heterocycles. The van der Waals surface area contributed by atoms with Gasteiger partial charge in [0, 0.05) is 42.0 Å². The first-order valence-electron chi connectivity index (χ1n) is 12.7. The number of amides is 1. The molecule has 39 heavy (non-hydrogen) atoms. The molecule has 1 amide bonds. The molecule has 4 rings (SSSR count). The summed E-state index contributed by atoms with van der Waals surface area (Å²) in [6.07, 6.45) is 1.09. The van der Waals surface area contributed by atoms with Gasteiger partial charge in [0.1, 0.15) is 0 Å². The van der Waals surface area contributed by atoms with Crippen LogP contribution in [-0.2, 0) is 12.8 Å². The minimum atomic E-state index is -0.432. The fourth-order valence-corrected chi connectivity index (χ4v) is 4.60. The third-order valence-electron chi connectivity index (χ3n) is 6.75. The Labute approximate surface area is 227 Å². The predicted octanol–water partition coefficient (Wildman–Crippen LogP) is 5.38. The number of aliphatic hydroxyl groups excluding tert-OH is 1.